The molecule has 7 heteroatoms. The second-order valence-corrected chi connectivity index (χ2v) is 7.52. The minimum Gasteiger partial charge on any atom is -0.385 e. The fraction of sp³-hybridized carbons (Fsp3) is 0.400. The lowest BCUT2D eigenvalue weighted by molar-refractivity contribution is -0.137. The van der Waals surface area contributed by atoms with Crippen LogP contribution in [0, 0.1) is 0 Å². The number of benzene rings is 1. The number of hydrogen-bond acceptors (Lipinski definition) is 3. The van der Waals surface area contributed by atoms with E-state index in [0.29, 0.717) is 11.2 Å². The van der Waals surface area contributed by atoms with E-state index in [1.807, 2.05) is 0 Å². The topological polar surface area (TPSA) is 53.6 Å². The molecule has 1 aliphatic carbocycles. The lowest BCUT2D eigenvalue weighted by Crippen LogP contribution is -2.36. The summed E-state index contributed by atoms with van der Waals surface area (Å²) in [6.45, 7) is 0.994. The van der Waals surface area contributed by atoms with Crippen LogP contribution in [0.1, 0.15) is 48.2 Å². The Morgan fingerprint density at radius 3 is 2.67 bits per heavy atom. The van der Waals surface area contributed by atoms with Gasteiger partial charge in [-0.15, -0.1) is 0 Å². The molecule has 1 aromatic carbocycles. The molecule has 2 N–H and O–H groups in total. The summed E-state index contributed by atoms with van der Waals surface area (Å²) in [4.78, 5) is 11.6. The zero-order chi connectivity index (χ0) is 18.6. The number of halogens is 3. The fourth-order valence-electron chi connectivity index (χ4n) is 4.25. The van der Waals surface area contributed by atoms with Crippen molar-refractivity contribution in [1.82, 2.24) is 15.0 Å². The first-order valence-electron chi connectivity index (χ1n) is 9.26. The van der Waals surface area contributed by atoms with Crippen molar-refractivity contribution in [3.8, 4) is 0 Å². The molecule has 0 saturated heterocycles. The van der Waals surface area contributed by atoms with E-state index in [0.717, 1.165) is 56.7 Å². The Morgan fingerprint density at radius 2 is 1.93 bits per heavy atom. The van der Waals surface area contributed by atoms with Crippen molar-refractivity contribution in [3.05, 3.63) is 53.0 Å². The van der Waals surface area contributed by atoms with Crippen molar-refractivity contribution in [2.75, 3.05) is 11.9 Å². The van der Waals surface area contributed by atoms with E-state index < -0.39 is 11.7 Å². The molecule has 4 nitrogen and oxygen atoms in total. The van der Waals surface area contributed by atoms with Gasteiger partial charge in [-0.3, -0.25) is 0 Å². The van der Waals surface area contributed by atoms with Crippen LogP contribution in [0.5, 0.6) is 0 Å². The number of aromatic amines is 1. The summed E-state index contributed by atoms with van der Waals surface area (Å²) in [6.07, 6.45) is 1.54. The van der Waals surface area contributed by atoms with E-state index in [2.05, 4.69) is 38.5 Å². The summed E-state index contributed by atoms with van der Waals surface area (Å²) in [5.74, 6) is 0.722. The molecule has 0 amide bonds. The summed E-state index contributed by atoms with van der Waals surface area (Å²) in [7, 11) is 0. The number of alkyl halides is 3. The lowest BCUT2D eigenvalue weighted by Gasteiger charge is -2.41. The van der Waals surface area contributed by atoms with Crippen LogP contribution in [0.4, 0.5) is 18.9 Å². The highest BCUT2D eigenvalue weighted by Gasteiger charge is 2.43. The number of anilines is 1. The van der Waals surface area contributed by atoms with Crippen LogP contribution < -0.4 is 5.32 Å². The van der Waals surface area contributed by atoms with Gasteiger partial charge in [-0.25, -0.2) is 9.97 Å². The maximum atomic E-state index is 13.0. The molecular weight excluding hydrogens is 353 g/mol. The second-order valence-electron chi connectivity index (χ2n) is 7.52. The molecule has 1 aliphatic heterocycles. The van der Waals surface area contributed by atoms with Gasteiger partial charge in [0.15, 0.2) is 5.65 Å². The molecule has 3 aromatic rings. The van der Waals surface area contributed by atoms with E-state index in [-0.39, 0.29) is 5.41 Å². The summed E-state index contributed by atoms with van der Waals surface area (Å²) in [5.41, 5.74) is 3.33. The fourth-order valence-corrected chi connectivity index (χ4v) is 4.25. The lowest BCUT2D eigenvalue weighted by atomic mass is 9.63. The molecule has 0 atom stereocenters. The van der Waals surface area contributed by atoms with Gasteiger partial charge in [0, 0.05) is 18.4 Å². The van der Waals surface area contributed by atoms with E-state index in [1.54, 1.807) is 0 Å². The van der Waals surface area contributed by atoms with Gasteiger partial charge in [-0.05, 0) is 48.9 Å². The third kappa shape index (κ3) is 2.59. The minimum atomic E-state index is -4.41. The highest BCUT2D eigenvalue weighted by molar-refractivity contribution is 5.72. The Bertz CT molecular complexity index is 1020. The Kier molecular flexibility index (Phi) is 3.51. The molecule has 140 valence electrons. The van der Waals surface area contributed by atoms with Crippen LogP contribution in [-0.2, 0) is 18.0 Å². The van der Waals surface area contributed by atoms with Crippen LogP contribution in [-0.4, -0.2) is 21.5 Å². The summed E-state index contributed by atoms with van der Waals surface area (Å²) in [6, 6.07) is 7.58. The first-order chi connectivity index (χ1) is 13.0. The van der Waals surface area contributed by atoms with Crippen LogP contribution in [0.25, 0.3) is 11.2 Å². The van der Waals surface area contributed by atoms with Crippen molar-refractivity contribution < 1.29 is 13.2 Å². The monoisotopic (exact) mass is 372 g/mol. The molecule has 3 heterocycles. The number of aromatic nitrogens is 3. The van der Waals surface area contributed by atoms with E-state index in [1.165, 1.54) is 16.8 Å². The Labute approximate surface area is 154 Å². The van der Waals surface area contributed by atoms with Crippen molar-refractivity contribution in [1.29, 1.82) is 0 Å². The number of nitrogens with zero attached hydrogens (tertiary/aromatic N) is 2. The normalized spacial score (nSPS) is 18.6. The molecular formula is C20H19F3N4. The van der Waals surface area contributed by atoms with Gasteiger partial charge in [-0.1, -0.05) is 18.6 Å². The Balaban J connectivity index is 1.59. The highest BCUT2D eigenvalue weighted by atomic mass is 19.4. The molecule has 0 spiro atoms. The highest BCUT2D eigenvalue weighted by Crippen LogP contribution is 2.49. The molecule has 2 aliphatic rings. The first-order valence-corrected chi connectivity index (χ1v) is 9.26. The summed E-state index contributed by atoms with van der Waals surface area (Å²) >= 11 is 0. The van der Waals surface area contributed by atoms with E-state index in [9.17, 15) is 13.2 Å². The van der Waals surface area contributed by atoms with Crippen molar-refractivity contribution in [2.45, 2.75) is 43.7 Å². The number of imidazole rings is 1. The molecule has 1 fully saturated rings. The zero-order valence-electron chi connectivity index (χ0n) is 14.7. The molecule has 0 radical (unpaired) electrons. The largest absolute Gasteiger partial charge is 0.417 e. The maximum absolute atomic E-state index is 13.0. The quantitative estimate of drug-likeness (QED) is 0.679. The van der Waals surface area contributed by atoms with Gasteiger partial charge in [0.2, 0.25) is 0 Å². The third-order valence-corrected chi connectivity index (χ3v) is 5.92. The van der Waals surface area contributed by atoms with E-state index >= 15 is 0 Å². The van der Waals surface area contributed by atoms with Crippen LogP contribution in [0.2, 0.25) is 0 Å². The van der Waals surface area contributed by atoms with Gasteiger partial charge in [0.05, 0.1) is 16.5 Å². The van der Waals surface area contributed by atoms with Gasteiger partial charge >= 0.3 is 6.18 Å². The predicted molar refractivity (Wildman–Crippen MR) is 96.8 cm³/mol. The standard InChI is InChI=1S/C20H19F3N4/c21-20(22,23)14-10-16-17(25-11-14)27-18(26-16)19(6-2-7-19)13-4-5-15-12(9-13)3-1-8-24-15/h4-5,9-11,24H,1-3,6-8H2,(H,25,26,27). The molecule has 1 saturated carbocycles. The maximum Gasteiger partial charge on any atom is 0.417 e. The molecule has 0 unspecified atom stereocenters. The van der Waals surface area contributed by atoms with Gasteiger partial charge in [0.25, 0.3) is 0 Å². The first kappa shape index (κ1) is 16.6. The number of aryl methyl sites for hydroxylation is 1. The molecule has 0 bridgehead atoms. The van der Waals surface area contributed by atoms with Crippen molar-refractivity contribution >= 4 is 16.9 Å². The zero-order valence-corrected chi connectivity index (χ0v) is 14.7. The van der Waals surface area contributed by atoms with Crippen LogP contribution in [0.15, 0.2) is 30.5 Å². The van der Waals surface area contributed by atoms with Crippen LogP contribution in [0.3, 0.4) is 0 Å². The SMILES string of the molecule is FC(F)(F)c1cnc2nc(C3(c4ccc5c(c4)CCCN5)CCC3)[nH]c2c1. The third-order valence-electron chi connectivity index (χ3n) is 5.92. The predicted octanol–water partition coefficient (Wildman–Crippen LogP) is 4.80. The van der Waals surface area contributed by atoms with Gasteiger partial charge in [0.1, 0.15) is 5.82 Å². The van der Waals surface area contributed by atoms with Crippen LogP contribution >= 0.6 is 0 Å². The molecule has 27 heavy (non-hydrogen) atoms. The van der Waals surface area contributed by atoms with Crippen molar-refractivity contribution in [2.24, 2.45) is 0 Å². The Hall–Kier alpha value is -2.57. The smallest absolute Gasteiger partial charge is 0.385 e. The number of nitrogens with one attached hydrogen (secondary N) is 2. The average Bonchev–Trinajstić information content (AvgIpc) is 3.03. The average molecular weight is 372 g/mol. The number of hydrogen-bond donors (Lipinski definition) is 2. The van der Waals surface area contributed by atoms with Gasteiger partial charge < -0.3 is 10.3 Å². The number of fused-ring (bicyclic) bond motifs is 2. The van der Waals surface area contributed by atoms with E-state index in [4.69, 9.17) is 0 Å². The Morgan fingerprint density at radius 1 is 1.07 bits per heavy atom. The summed E-state index contributed by atoms with van der Waals surface area (Å²) < 4.78 is 38.9. The molecule has 2 aromatic heterocycles. The van der Waals surface area contributed by atoms with Gasteiger partial charge in [-0.2, -0.15) is 13.2 Å². The molecule has 5 rings (SSSR count). The summed E-state index contributed by atoms with van der Waals surface area (Å²) in [5, 5.41) is 3.42. The number of H-pyrrole nitrogens is 1. The number of pyridine rings is 1. The number of rotatable bonds is 2. The minimum absolute atomic E-state index is 0.258. The second kappa shape index (κ2) is 5.71. The van der Waals surface area contributed by atoms with Crippen molar-refractivity contribution in [3.63, 3.8) is 0 Å².